The zero-order valence-corrected chi connectivity index (χ0v) is 25.9. The zero-order valence-electron chi connectivity index (χ0n) is 25.2. The van der Waals surface area contributed by atoms with Crippen LogP contribution < -0.4 is 16.7 Å². The van der Waals surface area contributed by atoms with Gasteiger partial charge in [0.1, 0.15) is 16.6 Å². The van der Waals surface area contributed by atoms with Crippen LogP contribution in [-0.2, 0) is 16.9 Å². The Bertz CT molecular complexity index is 1250. The molecule has 13 nitrogen and oxygen atoms in total. The number of nitrogen functional groups attached to an aromatic ring is 1. The summed E-state index contributed by atoms with van der Waals surface area (Å²) in [4.78, 5) is 45.8. The molecule has 0 aliphatic carbocycles. The summed E-state index contributed by atoms with van der Waals surface area (Å²) in [7, 11) is 0. The Balaban J connectivity index is 0.000000236. The van der Waals surface area contributed by atoms with Crippen LogP contribution in [0.5, 0.6) is 0 Å². The molecule has 4 heterocycles. The van der Waals surface area contributed by atoms with Gasteiger partial charge in [0.25, 0.3) is 0 Å². The summed E-state index contributed by atoms with van der Waals surface area (Å²) in [6, 6.07) is 5.14. The third-order valence-electron chi connectivity index (χ3n) is 7.44. The van der Waals surface area contributed by atoms with Crippen LogP contribution in [0.15, 0.2) is 35.4 Å². The van der Waals surface area contributed by atoms with Crippen LogP contribution in [0.4, 0.5) is 15.4 Å². The van der Waals surface area contributed by atoms with Crippen molar-refractivity contribution in [3.8, 4) is 0 Å². The lowest BCUT2D eigenvalue weighted by Gasteiger charge is -2.38. The van der Waals surface area contributed by atoms with E-state index in [4.69, 9.17) is 27.2 Å². The molecule has 0 atom stereocenters. The van der Waals surface area contributed by atoms with Crippen molar-refractivity contribution in [2.24, 2.45) is 0 Å². The number of aliphatic hydroxyl groups is 1. The molecule has 2 fully saturated rings. The summed E-state index contributed by atoms with van der Waals surface area (Å²) in [5.74, 6) is 0.249. The van der Waals surface area contributed by atoms with Crippen LogP contribution in [-0.4, -0.2) is 91.1 Å². The van der Waals surface area contributed by atoms with Crippen molar-refractivity contribution in [1.29, 1.82) is 0 Å². The third kappa shape index (κ3) is 11.3. The molecule has 2 aromatic heterocycles. The van der Waals surface area contributed by atoms with Crippen molar-refractivity contribution in [2.45, 2.75) is 83.1 Å². The maximum Gasteiger partial charge on any atom is 0.410 e. The molecule has 4 rings (SSSR count). The summed E-state index contributed by atoms with van der Waals surface area (Å²) in [6.45, 7) is 9.85. The van der Waals surface area contributed by atoms with Crippen molar-refractivity contribution in [2.75, 3.05) is 38.5 Å². The Morgan fingerprint density at radius 1 is 1.12 bits per heavy atom. The minimum Gasteiger partial charge on any atom is -0.465 e. The number of amides is 2. The number of nitrogens with zero attached hydrogens (tertiary/aromatic N) is 5. The van der Waals surface area contributed by atoms with E-state index in [-0.39, 0.29) is 23.6 Å². The summed E-state index contributed by atoms with van der Waals surface area (Å²) >= 11 is 5.76. The molecule has 14 heteroatoms. The van der Waals surface area contributed by atoms with E-state index in [1.165, 1.54) is 0 Å². The predicted octanol–water partition coefficient (Wildman–Crippen LogP) is 3.29. The second-order valence-electron chi connectivity index (χ2n) is 12.0. The fraction of sp³-hybridized carbons (Fsp3) is 0.621. The Hall–Kier alpha value is -3.42. The number of carbonyl (C=O) groups excluding carboxylic acids is 1. The zero-order chi connectivity index (χ0) is 31.6. The minimum absolute atomic E-state index is 0.0770. The Kier molecular flexibility index (Phi) is 12.2. The molecule has 2 aromatic rings. The number of hydrogen-bond donors (Lipinski definition) is 4. The molecule has 0 radical (unpaired) electrons. The predicted molar refractivity (Wildman–Crippen MR) is 163 cm³/mol. The smallest absolute Gasteiger partial charge is 0.410 e. The molecule has 0 unspecified atom stereocenters. The average molecular weight is 622 g/mol. The van der Waals surface area contributed by atoms with E-state index < -0.39 is 17.3 Å². The van der Waals surface area contributed by atoms with Gasteiger partial charge in [-0.05, 0) is 78.0 Å². The first-order valence-electron chi connectivity index (χ1n) is 14.6. The molecule has 5 N–H and O–H groups in total. The van der Waals surface area contributed by atoms with E-state index >= 15 is 0 Å². The van der Waals surface area contributed by atoms with Gasteiger partial charge in [-0.1, -0.05) is 17.7 Å². The number of nitrogens with one attached hydrogen (secondary N) is 1. The highest BCUT2D eigenvalue weighted by molar-refractivity contribution is 6.29. The summed E-state index contributed by atoms with van der Waals surface area (Å²) < 4.78 is 6.91. The number of nitrogens with two attached hydrogens (primary N) is 1. The quantitative estimate of drug-likeness (QED) is 0.265. The highest BCUT2D eigenvalue weighted by Crippen LogP contribution is 2.33. The lowest BCUT2D eigenvalue weighted by atomic mass is 9.85. The van der Waals surface area contributed by atoms with E-state index in [1.807, 2.05) is 20.8 Å². The van der Waals surface area contributed by atoms with Crippen LogP contribution in [0.25, 0.3) is 0 Å². The van der Waals surface area contributed by atoms with Crippen LogP contribution in [0.3, 0.4) is 0 Å². The van der Waals surface area contributed by atoms with Crippen molar-refractivity contribution in [3.05, 3.63) is 51.8 Å². The molecule has 43 heavy (non-hydrogen) atoms. The fourth-order valence-electron chi connectivity index (χ4n) is 5.03. The van der Waals surface area contributed by atoms with Gasteiger partial charge in [-0.15, -0.1) is 0 Å². The number of aryl methyl sites for hydroxylation is 1. The molecular formula is C29H44ClN7O6. The van der Waals surface area contributed by atoms with Crippen LogP contribution in [0, 0.1) is 0 Å². The lowest BCUT2D eigenvalue weighted by molar-refractivity contribution is -0.0358. The number of likely N-dealkylation sites (tertiary alicyclic amines) is 2. The van der Waals surface area contributed by atoms with E-state index in [0.717, 1.165) is 50.9 Å². The van der Waals surface area contributed by atoms with Gasteiger partial charge in [0.05, 0.1) is 5.60 Å². The van der Waals surface area contributed by atoms with Gasteiger partial charge in [0.2, 0.25) is 0 Å². The average Bonchev–Trinajstić information content (AvgIpc) is 2.93. The number of ether oxygens (including phenoxy) is 1. The van der Waals surface area contributed by atoms with Gasteiger partial charge in [0.15, 0.2) is 0 Å². The third-order valence-corrected chi connectivity index (χ3v) is 7.66. The maximum absolute atomic E-state index is 12.0. The van der Waals surface area contributed by atoms with Crippen molar-refractivity contribution in [1.82, 2.24) is 29.7 Å². The summed E-state index contributed by atoms with van der Waals surface area (Å²) in [5, 5.41) is 22.3. The molecule has 238 valence electrons. The lowest BCUT2D eigenvalue weighted by Crippen LogP contribution is -2.46. The summed E-state index contributed by atoms with van der Waals surface area (Å²) in [6.07, 6.45) is 6.50. The normalized spacial score (nSPS) is 17.5. The first-order valence-corrected chi connectivity index (χ1v) is 15.0. The van der Waals surface area contributed by atoms with Crippen molar-refractivity contribution < 1.29 is 24.5 Å². The number of anilines is 1. The van der Waals surface area contributed by atoms with Crippen LogP contribution in [0.2, 0.25) is 5.15 Å². The molecular weight excluding hydrogens is 578 g/mol. The van der Waals surface area contributed by atoms with Gasteiger partial charge in [-0.2, -0.15) is 4.98 Å². The number of carbonyl (C=O) groups is 2. The number of hydrogen-bond acceptors (Lipinski definition) is 9. The van der Waals surface area contributed by atoms with Gasteiger partial charge < -0.3 is 35.8 Å². The number of unbranched alkanes of at least 4 members (excludes halogenated alkanes) is 1. The molecule has 2 amide bonds. The number of aromatic nitrogens is 3. The molecule has 2 aliphatic heterocycles. The first kappa shape index (κ1) is 34.1. The molecule has 0 spiro atoms. The maximum atomic E-state index is 12.0. The molecule has 2 aliphatic rings. The Morgan fingerprint density at radius 3 is 2.33 bits per heavy atom. The molecule has 0 saturated carbocycles. The highest BCUT2D eigenvalue weighted by Gasteiger charge is 2.37. The number of rotatable bonds is 7. The van der Waals surface area contributed by atoms with Gasteiger partial charge in [0, 0.05) is 56.7 Å². The van der Waals surface area contributed by atoms with E-state index in [0.29, 0.717) is 37.6 Å². The molecule has 2 saturated heterocycles. The second-order valence-corrected chi connectivity index (χ2v) is 12.4. The number of pyridine rings is 1. The van der Waals surface area contributed by atoms with Crippen molar-refractivity contribution in [3.63, 3.8) is 0 Å². The van der Waals surface area contributed by atoms with Gasteiger partial charge in [-0.3, -0.25) is 4.57 Å². The van der Waals surface area contributed by atoms with Gasteiger partial charge in [-0.25, -0.2) is 19.4 Å². The van der Waals surface area contributed by atoms with E-state index in [1.54, 1.807) is 40.1 Å². The standard InChI is InChI=1S/C15H21ClN2O3.C14H23N5O3/c1-14(2,3)21-13(19)18-8-6-15(20,7-9-18)11-4-5-12(16)17-10-11;15-12-5-10-19(13(20)17-12)7-2-1-6-18-8-3-11(4-9-18)16-14(21)22/h4-5,10,20H,6-9H2,1-3H3;5,10-11,16H,1-4,6-9H2,(H,21,22)(H2,15,17,20). The molecule has 0 aromatic carbocycles. The van der Waals surface area contributed by atoms with Crippen LogP contribution >= 0.6 is 11.6 Å². The SMILES string of the molecule is CC(C)(C)OC(=O)N1CCC(O)(c2ccc(Cl)nc2)CC1.Nc1ccn(CCCCN2CCC(NC(=O)O)CC2)c(=O)n1. The minimum atomic E-state index is -0.962. The highest BCUT2D eigenvalue weighted by atomic mass is 35.5. The molecule has 0 bridgehead atoms. The topological polar surface area (TPSA) is 176 Å². The van der Waals surface area contributed by atoms with Crippen molar-refractivity contribution >= 4 is 29.6 Å². The largest absolute Gasteiger partial charge is 0.465 e. The Labute approximate surface area is 257 Å². The second kappa shape index (κ2) is 15.3. The Morgan fingerprint density at radius 2 is 1.77 bits per heavy atom. The first-order chi connectivity index (χ1) is 20.2. The summed E-state index contributed by atoms with van der Waals surface area (Å²) in [5.41, 5.74) is 4.40. The number of halogens is 1. The van der Waals surface area contributed by atoms with E-state index in [2.05, 4.69) is 20.2 Å². The number of carboxylic acid groups (broad SMARTS) is 1. The fourth-order valence-corrected chi connectivity index (χ4v) is 5.14. The van der Waals surface area contributed by atoms with Gasteiger partial charge >= 0.3 is 17.9 Å². The van der Waals surface area contributed by atoms with E-state index in [9.17, 15) is 19.5 Å². The number of piperidine rings is 2. The van der Waals surface area contributed by atoms with Crippen LogP contribution in [0.1, 0.15) is 64.9 Å². The monoisotopic (exact) mass is 621 g/mol.